The number of aromatic hydroxyl groups is 1. The smallest absolute Gasteiger partial charge is 0.260 e. The number of carbonyl (C=O) groups is 4. The van der Waals surface area contributed by atoms with Crippen molar-refractivity contribution in [2.45, 2.75) is 44.4 Å². The van der Waals surface area contributed by atoms with E-state index < -0.39 is 46.8 Å². The van der Waals surface area contributed by atoms with Crippen LogP contribution in [0.4, 0.5) is 5.69 Å². The highest BCUT2D eigenvalue weighted by Gasteiger charge is 2.70. The molecular weight excluding hydrogens is 582 g/mol. The molecule has 46 heavy (non-hydrogen) atoms. The van der Waals surface area contributed by atoms with Crippen LogP contribution in [0.5, 0.6) is 11.5 Å². The van der Waals surface area contributed by atoms with Gasteiger partial charge in [0, 0.05) is 24.1 Å². The lowest BCUT2D eigenvalue weighted by Gasteiger charge is -2.50. The van der Waals surface area contributed by atoms with Crippen LogP contribution in [0, 0.1) is 30.6 Å². The third kappa shape index (κ3) is 4.21. The summed E-state index contributed by atoms with van der Waals surface area (Å²) in [5.74, 6) is -4.17. The van der Waals surface area contributed by atoms with Gasteiger partial charge in [0.1, 0.15) is 11.5 Å². The van der Waals surface area contributed by atoms with Crippen molar-refractivity contribution < 1.29 is 29.0 Å². The SMILES string of the molecule is CCCN1C(=O)C2CC=C3C(CC4C(=O)N(Nc5ccc(C)cc5)C(=O)C4(c4ccccc4)C3c3ccc(OC)cc3O)C2C1=O. The molecule has 4 amide bonds. The fraction of sp³-hybridized carbons (Fsp3) is 0.351. The molecule has 2 aliphatic carbocycles. The molecule has 3 aromatic carbocycles. The molecule has 2 N–H and O–H groups in total. The zero-order chi connectivity index (χ0) is 32.3. The van der Waals surface area contributed by atoms with E-state index in [1.54, 1.807) is 12.1 Å². The normalized spacial score (nSPS) is 28.5. The number of nitrogens with zero attached hydrogens (tertiary/aromatic N) is 2. The van der Waals surface area contributed by atoms with E-state index in [9.17, 15) is 19.5 Å². The number of hydrazine groups is 1. The number of amides is 4. The number of benzene rings is 3. The van der Waals surface area contributed by atoms with Crippen LogP contribution in [0.15, 0.2) is 84.4 Å². The highest BCUT2D eigenvalue weighted by Crippen LogP contribution is 2.65. The predicted molar refractivity (Wildman–Crippen MR) is 170 cm³/mol. The Morgan fingerprint density at radius 2 is 1.67 bits per heavy atom. The Morgan fingerprint density at radius 3 is 2.35 bits per heavy atom. The van der Waals surface area contributed by atoms with Gasteiger partial charge in [-0.05, 0) is 55.9 Å². The number of imide groups is 2. The molecule has 0 spiro atoms. The van der Waals surface area contributed by atoms with Crippen LogP contribution in [0.1, 0.15) is 48.8 Å². The van der Waals surface area contributed by atoms with E-state index in [-0.39, 0.29) is 24.0 Å². The van der Waals surface area contributed by atoms with E-state index in [2.05, 4.69) is 5.43 Å². The van der Waals surface area contributed by atoms with Crippen molar-refractivity contribution in [3.63, 3.8) is 0 Å². The first-order valence-electron chi connectivity index (χ1n) is 15.9. The van der Waals surface area contributed by atoms with E-state index >= 15 is 4.79 Å². The molecule has 9 heteroatoms. The minimum absolute atomic E-state index is 0.0753. The van der Waals surface area contributed by atoms with Gasteiger partial charge in [0.2, 0.25) is 11.8 Å². The van der Waals surface area contributed by atoms with E-state index in [0.29, 0.717) is 42.0 Å². The Labute approximate surface area is 267 Å². The van der Waals surface area contributed by atoms with Crippen molar-refractivity contribution in [3.8, 4) is 11.5 Å². The predicted octanol–water partition coefficient (Wildman–Crippen LogP) is 5.10. The number of phenols is 1. The monoisotopic (exact) mass is 619 g/mol. The average molecular weight is 620 g/mol. The molecule has 2 heterocycles. The lowest BCUT2D eigenvalue weighted by molar-refractivity contribution is -0.141. The molecule has 0 aromatic heterocycles. The number of likely N-dealkylation sites (tertiary alicyclic amines) is 1. The van der Waals surface area contributed by atoms with Gasteiger partial charge in [0.25, 0.3) is 11.8 Å². The molecule has 9 nitrogen and oxygen atoms in total. The number of ether oxygens (including phenoxy) is 1. The number of allylic oxidation sites excluding steroid dienone is 2. The number of hydrogen-bond donors (Lipinski definition) is 2. The Hall–Kier alpha value is -4.92. The van der Waals surface area contributed by atoms with Crippen molar-refractivity contribution in [1.82, 2.24) is 9.91 Å². The number of hydrogen-bond acceptors (Lipinski definition) is 7. The summed E-state index contributed by atoms with van der Waals surface area (Å²) < 4.78 is 5.39. The second-order valence-electron chi connectivity index (χ2n) is 12.8. The lowest BCUT2D eigenvalue weighted by Crippen LogP contribution is -2.53. The number of carbonyl (C=O) groups excluding carboxylic acids is 4. The van der Waals surface area contributed by atoms with Crippen molar-refractivity contribution in [3.05, 3.63) is 101 Å². The third-order valence-electron chi connectivity index (χ3n) is 10.5. The number of fused-ring (bicyclic) bond motifs is 4. The molecule has 2 aliphatic heterocycles. The van der Waals surface area contributed by atoms with Gasteiger partial charge in [-0.3, -0.25) is 29.5 Å². The summed E-state index contributed by atoms with van der Waals surface area (Å²) in [6.45, 7) is 4.24. The number of aryl methyl sites for hydroxylation is 1. The summed E-state index contributed by atoms with van der Waals surface area (Å²) >= 11 is 0. The minimum Gasteiger partial charge on any atom is -0.508 e. The molecule has 236 valence electrons. The largest absolute Gasteiger partial charge is 0.508 e. The zero-order valence-electron chi connectivity index (χ0n) is 26.1. The van der Waals surface area contributed by atoms with Gasteiger partial charge in [0.15, 0.2) is 0 Å². The Balaban J connectivity index is 1.45. The number of anilines is 1. The van der Waals surface area contributed by atoms with Gasteiger partial charge >= 0.3 is 0 Å². The highest BCUT2D eigenvalue weighted by molar-refractivity contribution is 6.13. The van der Waals surface area contributed by atoms with Crippen LogP contribution in [0.3, 0.4) is 0 Å². The summed E-state index contributed by atoms with van der Waals surface area (Å²) in [5.41, 5.74) is 5.19. The number of nitrogens with one attached hydrogen (secondary N) is 1. The second-order valence-corrected chi connectivity index (χ2v) is 12.8. The fourth-order valence-electron chi connectivity index (χ4n) is 8.50. The number of methoxy groups -OCH3 is 1. The van der Waals surface area contributed by atoms with Gasteiger partial charge in [-0.2, -0.15) is 5.01 Å². The molecule has 0 bridgehead atoms. The van der Waals surface area contributed by atoms with Crippen molar-refractivity contribution in [2.24, 2.45) is 23.7 Å². The Kier molecular flexibility index (Phi) is 7.22. The van der Waals surface area contributed by atoms with E-state index in [0.717, 1.165) is 16.1 Å². The first kappa shape index (κ1) is 29.8. The van der Waals surface area contributed by atoms with Crippen LogP contribution in [-0.4, -0.2) is 52.3 Å². The molecule has 1 saturated carbocycles. The van der Waals surface area contributed by atoms with Gasteiger partial charge in [-0.1, -0.05) is 72.7 Å². The molecule has 4 aliphatic rings. The average Bonchev–Trinajstić information content (AvgIpc) is 3.43. The Bertz CT molecular complexity index is 1770. The standard InChI is InChI=1S/C37H37N3O6/c1-4-18-39-33(42)27-17-16-25-28(31(27)35(39)44)20-29-34(43)40(38-23-12-10-21(2)11-13-23)36(45)37(29,22-8-6-5-7-9-22)32(25)26-15-14-24(46-3)19-30(26)41/h5-16,19,27-29,31-32,38,41H,4,17-18,20H2,1-3H3. The molecule has 2 saturated heterocycles. The molecule has 3 aromatic rings. The first-order chi connectivity index (χ1) is 22.2. The van der Waals surface area contributed by atoms with Gasteiger partial charge in [-0.15, -0.1) is 0 Å². The summed E-state index contributed by atoms with van der Waals surface area (Å²) in [5, 5.41) is 12.7. The van der Waals surface area contributed by atoms with Crippen LogP contribution < -0.4 is 10.2 Å². The molecule has 6 unspecified atom stereocenters. The third-order valence-corrected chi connectivity index (χ3v) is 10.5. The summed E-state index contributed by atoms with van der Waals surface area (Å²) in [6, 6.07) is 21.7. The fourth-order valence-corrected chi connectivity index (χ4v) is 8.50. The summed E-state index contributed by atoms with van der Waals surface area (Å²) in [4.78, 5) is 58.5. The Morgan fingerprint density at radius 1 is 0.935 bits per heavy atom. The van der Waals surface area contributed by atoms with E-state index in [4.69, 9.17) is 4.74 Å². The van der Waals surface area contributed by atoms with E-state index in [1.807, 2.05) is 74.5 Å². The topological polar surface area (TPSA) is 116 Å². The molecule has 7 rings (SSSR count). The minimum atomic E-state index is -1.44. The summed E-state index contributed by atoms with van der Waals surface area (Å²) in [7, 11) is 1.51. The highest BCUT2D eigenvalue weighted by atomic mass is 16.5. The van der Waals surface area contributed by atoms with Crippen LogP contribution in [-0.2, 0) is 24.6 Å². The van der Waals surface area contributed by atoms with Crippen molar-refractivity contribution in [2.75, 3.05) is 19.1 Å². The maximum atomic E-state index is 15.1. The zero-order valence-corrected chi connectivity index (χ0v) is 26.1. The number of rotatable bonds is 7. The molecular formula is C37H37N3O6. The van der Waals surface area contributed by atoms with Crippen molar-refractivity contribution >= 4 is 29.3 Å². The number of phenolic OH excluding ortho intramolecular Hbond substituents is 1. The van der Waals surface area contributed by atoms with E-state index in [1.165, 1.54) is 18.1 Å². The maximum Gasteiger partial charge on any atom is 0.260 e. The van der Waals surface area contributed by atoms with Crippen LogP contribution >= 0.6 is 0 Å². The van der Waals surface area contributed by atoms with Gasteiger partial charge in [-0.25, -0.2) is 0 Å². The molecule has 0 radical (unpaired) electrons. The second kappa shape index (κ2) is 11.2. The lowest BCUT2D eigenvalue weighted by atomic mass is 9.49. The maximum absolute atomic E-state index is 15.1. The molecule has 3 fully saturated rings. The van der Waals surface area contributed by atoms with Crippen molar-refractivity contribution in [1.29, 1.82) is 0 Å². The van der Waals surface area contributed by atoms with Gasteiger partial charge in [0.05, 0.1) is 36.0 Å². The van der Waals surface area contributed by atoms with Crippen LogP contribution in [0.2, 0.25) is 0 Å². The summed E-state index contributed by atoms with van der Waals surface area (Å²) in [6.07, 6.45) is 3.20. The molecule has 6 atom stereocenters. The van der Waals surface area contributed by atoms with Crippen LogP contribution in [0.25, 0.3) is 0 Å². The quantitative estimate of drug-likeness (QED) is 0.279. The van der Waals surface area contributed by atoms with Gasteiger partial charge < -0.3 is 9.84 Å². The first-order valence-corrected chi connectivity index (χ1v) is 15.9.